The van der Waals surface area contributed by atoms with E-state index in [9.17, 15) is 8.42 Å². The Kier molecular flexibility index (Phi) is 6.67. The Bertz CT molecular complexity index is 471. The normalized spacial score (nSPS) is 12.8. The summed E-state index contributed by atoms with van der Waals surface area (Å²) < 4.78 is 32.2. The van der Waals surface area contributed by atoms with Crippen LogP contribution in [0.15, 0.2) is 23.0 Å². The molecule has 0 aliphatic rings. The number of hydrogen-bond acceptors (Lipinski definition) is 4. The molecule has 0 saturated carbocycles. The lowest BCUT2D eigenvalue weighted by molar-refractivity contribution is 0.381. The van der Waals surface area contributed by atoms with E-state index in [2.05, 4.69) is 19.2 Å². The summed E-state index contributed by atoms with van der Waals surface area (Å²) in [7, 11) is -0.236. The predicted octanol–water partition coefficient (Wildman–Crippen LogP) is 1.28. The first-order chi connectivity index (χ1) is 9.34. The van der Waals surface area contributed by atoms with Crippen molar-refractivity contribution in [2.24, 2.45) is 0 Å². The van der Waals surface area contributed by atoms with Crippen molar-refractivity contribution >= 4 is 10.2 Å². The van der Waals surface area contributed by atoms with Crippen LogP contribution >= 0.6 is 0 Å². The average molecular weight is 303 g/mol. The minimum atomic E-state index is -3.42. The summed E-state index contributed by atoms with van der Waals surface area (Å²) in [6.45, 7) is 5.76. The number of nitrogens with zero attached hydrogens (tertiary/aromatic N) is 2. The molecule has 1 aromatic heterocycles. The van der Waals surface area contributed by atoms with Crippen LogP contribution in [0, 0.1) is 0 Å². The summed E-state index contributed by atoms with van der Waals surface area (Å²) in [4.78, 5) is 0. The molecule has 7 heteroatoms. The van der Waals surface area contributed by atoms with Gasteiger partial charge in [-0.3, -0.25) is 0 Å². The molecule has 0 aliphatic carbocycles. The lowest BCUT2D eigenvalue weighted by Gasteiger charge is -2.24. The number of hydrogen-bond donors (Lipinski definition) is 1. The number of furan rings is 1. The van der Waals surface area contributed by atoms with E-state index in [-0.39, 0.29) is 0 Å². The molecule has 0 radical (unpaired) electrons. The van der Waals surface area contributed by atoms with Crippen LogP contribution in [-0.4, -0.2) is 50.3 Å². The SMILES string of the molecule is CC(C)NCCCN(C)S(=O)(=O)N(C)Cc1ccoc1. The second-order valence-electron chi connectivity index (χ2n) is 5.18. The van der Waals surface area contributed by atoms with E-state index in [1.807, 2.05) is 0 Å². The highest BCUT2D eigenvalue weighted by molar-refractivity contribution is 7.86. The smallest absolute Gasteiger partial charge is 0.281 e. The highest BCUT2D eigenvalue weighted by Gasteiger charge is 2.23. The quantitative estimate of drug-likeness (QED) is 0.698. The highest BCUT2D eigenvalue weighted by Crippen LogP contribution is 2.10. The van der Waals surface area contributed by atoms with Crippen molar-refractivity contribution in [2.75, 3.05) is 27.2 Å². The molecule has 0 atom stereocenters. The van der Waals surface area contributed by atoms with Crippen molar-refractivity contribution in [2.45, 2.75) is 32.9 Å². The van der Waals surface area contributed by atoms with E-state index >= 15 is 0 Å². The third-order valence-electron chi connectivity index (χ3n) is 2.98. The maximum absolute atomic E-state index is 12.3. The molecule has 0 spiro atoms. The summed E-state index contributed by atoms with van der Waals surface area (Å²) in [6.07, 6.45) is 3.88. The van der Waals surface area contributed by atoms with Crippen LogP contribution < -0.4 is 5.32 Å². The largest absolute Gasteiger partial charge is 0.472 e. The third kappa shape index (κ3) is 5.24. The third-order valence-corrected chi connectivity index (χ3v) is 4.86. The Hall–Kier alpha value is -0.890. The van der Waals surface area contributed by atoms with Crippen LogP contribution in [0.1, 0.15) is 25.8 Å². The summed E-state index contributed by atoms with van der Waals surface area (Å²) in [6, 6.07) is 2.18. The van der Waals surface area contributed by atoms with Gasteiger partial charge in [0.05, 0.1) is 12.5 Å². The first kappa shape index (κ1) is 17.2. The second-order valence-corrected chi connectivity index (χ2v) is 7.32. The predicted molar refractivity (Wildman–Crippen MR) is 79.5 cm³/mol. The molecule has 0 aliphatic heterocycles. The van der Waals surface area contributed by atoms with Crippen LogP contribution in [0.2, 0.25) is 0 Å². The van der Waals surface area contributed by atoms with Gasteiger partial charge in [-0.05, 0) is 19.0 Å². The molecule has 0 amide bonds. The van der Waals surface area contributed by atoms with Gasteiger partial charge in [0.1, 0.15) is 0 Å². The molecule has 1 rings (SSSR count). The standard InChI is InChI=1S/C13H25N3O3S/c1-12(2)14-7-5-8-15(3)20(17,18)16(4)10-13-6-9-19-11-13/h6,9,11-12,14H,5,7-8,10H2,1-4H3. The molecule has 20 heavy (non-hydrogen) atoms. The van der Waals surface area contributed by atoms with E-state index in [1.165, 1.54) is 14.9 Å². The monoisotopic (exact) mass is 303 g/mol. The fraction of sp³-hybridized carbons (Fsp3) is 0.692. The molecule has 0 bridgehead atoms. The molecule has 0 aromatic carbocycles. The average Bonchev–Trinajstić information content (AvgIpc) is 2.86. The molecule has 0 saturated heterocycles. The van der Waals surface area contributed by atoms with Gasteiger partial charge in [0.15, 0.2) is 0 Å². The van der Waals surface area contributed by atoms with Gasteiger partial charge in [-0.1, -0.05) is 13.8 Å². The zero-order valence-electron chi connectivity index (χ0n) is 12.7. The van der Waals surface area contributed by atoms with Gasteiger partial charge in [0, 0.05) is 38.8 Å². The number of nitrogens with one attached hydrogen (secondary N) is 1. The summed E-state index contributed by atoms with van der Waals surface area (Å²) in [5.41, 5.74) is 0.839. The fourth-order valence-corrected chi connectivity index (χ4v) is 2.91. The molecule has 1 aromatic rings. The topological polar surface area (TPSA) is 65.8 Å². The Morgan fingerprint density at radius 2 is 2.00 bits per heavy atom. The van der Waals surface area contributed by atoms with Gasteiger partial charge < -0.3 is 9.73 Å². The van der Waals surface area contributed by atoms with E-state index in [0.717, 1.165) is 18.5 Å². The van der Waals surface area contributed by atoms with Crippen LogP contribution in [0.3, 0.4) is 0 Å². The van der Waals surface area contributed by atoms with Gasteiger partial charge >= 0.3 is 0 Å². The van der Waals surface area contributed by atoms with Gasteiger partial charge in [-0.2, -0.15) is 17.0 Å². The van der Waals surface area contributed by atoms with Gasteiger partial charge in [0.2, 0.25) is 0 Å². The first-order valence-corrected chi connectivity index (χ1v) is 8.15. The van der Waals surface area contributed by atoms with E-state index < -0.39 is 10.2 Å². The number of rotatable bonds is 9. The van der Waals surface area contributed by atoms with E-state index in [1.54, 1.807) is 26.4 Å². The molecule has 6 nitrogen and oxygen atoms in total. The van der Waals surface area contributed by atoms with Gasteiger partial charge in [-0.25, -0.2) is 0 Å². The van der Waals surface area contributed by atoms with Crippen LogP contribution in [-0.2, 0) is 16.8 Å². The Labute approximate surface area is 121 Å². The molecule has 0 unspecified atom stereocenters. The van der Waals surface area contributed by atoms with E-state index in [0.29, 0.717) is 19.1 Å². The molecular formula is C13H25N3O3S. The zero-order valence-corrected chi connectivity index (χ0v) is 13.5. The van der Waals surface area contributed by atoms with E-state index in [4.69, 9.17) is 4.42 Å². The second kappa shape index (κ2) is 7.78. The van der Waals surface area contributed by atoms with Crippen LogP contribution in [0.5, 0.6) is 0 Å². The molecular weight excluding hydrogens is 278 g/mol. The van der Waals surface area contributed by atoms with Crippen molar-refractivity contribution < 1.29 is 12.8 Å². The summed E-state index contributed by atoms with van der Waals surface area (Å²) in [5.74, 6) is 0. The minimum Gasteiger partial charge on any atom is -0.472 e. The lowest BCUT2D eigenvalue weighted by Crippen LogP contribution is -2.40. The van der Waals surface area contributed by atoms with Gasteiger partial charge in [-0.15, -0.1) is 0 Å². The first-order valence-electron chi connectivity index (χ1n) is 6.76. The van der Waals surface area contributed by atoms with Crippen molar-refractivity contribution in [3.05, 3.63) is 24.2 Å². The maximum Gasteiger partial charge on any atom is 0.281 e. The molecule has 116 valence electrons. The van der Waals surface area contributed by atoms with Crippen LogP contribution in [0.4, 0.5) is 0 Å². The zero-order chi connectivity index (χ0) is 15.2. The van der Waals surface area contributed by atoms with Crippen molar-refractivity contribution in [1.82, 2.24) is 13.9 Å². The molecule has 1 N–H and O–H groups in total. The lowest BCUT2D eigenvalue weighted by atomic mass is 10.3. The Morgan fingerprint density at radius 3 is 2.55 bits per heavy atom. The van der Waals surface area contributed by atoms with Crippen molar-refractivity contribution in [3.8, 4) is 0 Å². The Morgan fingerprint density at radius 1 is 1.30 bits per heavy atom. The fourth-order valence-electron chi connectivity index (χ4n) is 1.77. The Balaban J connectivity index is 2.45. The summed E-state index contributed by atoms with van der Waals surface area (Å²) >= 11 is 0. The van der Waals surface area contributed by atoms with Crippen LogP contribution in [0.25, 0.3) is 0 Å². The van der Waals surface area contributed by atoms with Crippen molar-refractivity contribution in [3.63, 3.8) is 0 Å². The highest BCUT2D eigenvalue weighted by atomic mass is 32.2. The molecule has 0 fully saturated rings. The van der Waals surface area contributed by atoms with Gasteiger partial charge in [0.25, 0.3) is 10.2 Å². The van der Waals surface area contributed by atoms with Crippen molar-refractivity contribution in [1.29, 1.82) is 0 Å². The maximum atomic E-state index is 12.3. The molecule has 1 heterocycles. The minimum absolute atomic E-state index is 0.313. The summed E-state index contributed by atoms with van der Waals surface area (Å²) in [5, 5.41) is 3.27.